The fourth-order valence-corrected chi connectivity index (χ4v) is 4.51. The van der Waals surface area contributed by atoms with Gasteiger partial charge in [-0.1, -0.05) is 12.8 Å². The highest BCUT2D eigenvalue weighted by molar-refractivity contribution is 5.96. The van der Waals surface area contributed by atoms with Crippen molar-refractivity contribution < 1.29 is 9.59 Å². The third-order valence-electron chi connectivity index (χ3n) is 6.16. The molecule has 1 saturated heterocycles. The van der Waals surface area contributed by atoms with Gasteiger partial charge in [0.25, 0.3) is 5.91 Å². The maximum atomic E-state index is 13.0. The van der Waals surface area contributed by atoms with Crippen LogP contribution in [0.4, 0.5) is 4.79 Å². The quantitative estimate of drug-likeness (QED) is 0.903. The van der Waals surface area contributed by atoms with Crippen LogP contribution in [0.3, 0.4) is 0 Å². The van der Waals surface area contributed by atoms with E-state index in [1.807, 2.05) is 15.9 Å². The molecule has 0 bridgehead atoms. The SMILES string of the molecule is Cc1cc(C(=O)N2CCN(C(=O)NC3CCCC3)CC2)c(C)n1C1CC1. The first kappa shape index (κ1) is 17.4. The predicted molar refractivity (Wildman–Crippen MR) is 100 cm³/mol. The first-order valence-electron chi connectivity index (χ1n) is 10.1. The lowest BCUT2D eigenvalue weighted by atomic mass is 10.2. The Hall–Kier alpha value is -1.98. The number of hydrogen-bond acceptors (Lipinski definition) is 2. The summed E-state index contributed by atoms with van der Waals surface area (Å²) in [5.74, 6) is 0.112. The number of carbonyl (C=O) groups excluding carboxylic acids is 2. The number of rotatable bonds is 3. The second kappa shape index (κ2) is 6.97. The third kappa shape index (κ3) is 3.33. The molecule has 4 rings (SSSR count). The second-order valence-corrected chi connectivity index (χ2v) is 8.10. The van der Waals surface area contributed by atoms with Crippen molar-refractivity contribution in [3.63, 3.8) is 0 Å². The Morgan fingerprint density at radius 2 is 1.58 bits per heavy atom. The van der Waals surface area contributed by atoms with E-state index in [1.165, 1.54) is 31.4 Å². The standard InChI is InChI=1S/C20H30N4O2/c1-14-13-18(15(2)24(14)17-7-8-17)19(25)22-9-11-23(12-10-22)20(26)21-16-5-3-4-6-16/h13,16-17H,3-12H2,1-2H3,(H,21,26). The summed E-state index contributed by atoms with van der Waals surface area (Å²) in [6.45, 7) is 6.61. The molecule has 3 aliphatic rings. The van der Waals surface area contributed by atoms with Gasteiger partial charge in [-0.15, -0.1) is 0 Å². The highest BCUT2D eigenvalue weighted by Gasteiger charge is 2.31. The first-order chi connectivity index (χ1) is 12.5. The minimum Gasteiger partial charge on any atom is -0.345 e. The van der Waals surface area contributed by atoms with E-state index in [2.05, 4.69) is 23.7 Å². The molecule has 2 aliphatic carbocycles. The van der Waals surface area contributed by atoms with Gasteiger partial charge in [-0.2, -0.15) is 0 Å². The topological polar surface area (TPSA) is 57.6 Å². The molecule has 0 radical (unpaired) electrons. The number of aromatic nitrogens is 1. The maximum absolute atomic E-state index is 13.0. The van der Waals surface area contributed by atoms with Crippen molar-refractivity contribution in [3.05, 3.63) is 23.0 Å². The molecule has 3 amide bonds. The van der Waals surface area contributed by atoms with Crippen molar-refractivity contribution in [1.82, 2.24) is 19.7 Å². The summed E-state index contributed by atoms with van der Waals surface area (Å²) in [7, 11) is 0. The van der Waals surface area contributed by atoms with E-state index in [9.17, 15) is 9.59 Å². The first-order valence-corrected chi connectivity index (χ1v) is 10.1. The smallest absolute Gasteiger partial charge is 0.317 e. The van der Waals surface area contributed by atoms with Gasteiger partial charge in [0.1, 0.15) is 0 Å². The molecule has 142 valence electrons. The van der Waals surface area contributed by atoms with Gasteiger partial charge in [0, 0.05) is 49.7 Å². The van der Waals surface area contributed by atoms with Gasteiger partial charge >= 0.3 is 6.03 Å². The largest absolute Gasteiger partial charge is 0.345 e. The lowest BCUT2D eigenvalue weighted by Gasteiger charge is -2.35. The van der Waals surface area contributed by atoms with Crippen LogP contribution in [-0.4, -0.2) is 58.5 Å². The molecule has 1 aliphatic heterocycles. The van der Waals surface area contributed by atoms with Gasteiger partial charge in [0.05, 0.1) is 5.56 Å². The molecule has 3 fully saturated rings. The monoisotopic (exact) mass is 358 g/mol. The predicted octanol–water partition coefficient (Wildman–Crippen LogP) is 2.85. The van der Waals surface area contributed by atoms with Crippen molar-refractivity contribution in [2.75, 3.05) is 26.2 Å². The van der Waals surface area contributed by atoms with Crippen molar-refractivity contribution in [1.29, 1.82) is 0 Å². The summed E-state index contributed by atoms with van der Waals surface area (Å²) < 4.78 is 2.32. The fraction of sp³-hybridized carbons (Fsp3) is 0.700. The van der Waals surface area contributed by atoms with Gasteiger partial charge in [0.2, 0.25) is 0 Å². The molecule has 0 unspecified atom stereocenters. The van der Waals surface area contributed by atoms with Crippen LogP contribution in [-0.2, 0) is 0 Å². The Bertz CT molecular complexity index is 693. The van der Waals surface area contributed by atoms with Crippen LogP contribution in [0.25, 0.3) is 0 Å². The summed E-state index contributed by atoms with van der Waals surface area (Å²) in [6, 6.07) is 3.01. The van der Waals surface area contributed by atoms with Gasteiger partial charge < -0.3 is 19.7 Å². The number of urea groups is 1. The lowest BCUT2D eigenvalue weighted by Crippen LogP contribution is -2.54. The summed E-state index contributed by atoms with van der Waals surface area (Å²) in [4.78, 5) is 29.1. The minimum absolute atomic E-state index is 0.0379. The van der Waals surface area contributed by atoms with Crippen LogP contribution >= 0.6 is 0 Å². The molecule has 1 aromatic rings. The van der Waals surface area contributed by atoms with Crippen LogP contribution in [0.15, 0.2) is 6.07 Å². The number of hydrogen-bond donors (Lipinski definition) is 1. The average Bonchev–Trinajstić information content (AvgIpc) is 3.25. The molecule has 0 atom stereocenters. The third-order valence-corrected chi connectivity index (χ3v) is 6.16. The van der Waals surface area contributed by atoms with Gasteiger partial charge in [-0.05, 0) is 45.6 Å². The molecule has 0 aromatic carbocycles. The zero-order valence-electron chi connectivity index (χ0n) is 16.0. The van der Waals surface area contributed by atoms with Crippen molar-refractivity contribution in [2.24, 2.45) is 0 Å². The Morgan fingerprint density at radius 3 is 2.19 bits per heavy atom. The van der Waals surface area contributed by atoms with Crippen LogP contribution in [0, 0.1) is 13.8 Å². The Kier molecular flexibility index (Phi) is 4.67. The molecule has 0 spiro atoms. The second-order valence-electron chi connectivity index (χ2n) is 8.10. The summed E-state index contributed by atoms with van der Waals surface area (Å²) in [6.07, 6.45) is 7.07. The van der Waals surface area contributed by atoms with E-state index >= 15 is 0 Å². The normalized spacial score (nSPS) is 21.3. The van der Waals surface area contributed by atoms with E-state index in [0.29, 0.717) is 38.3 Å². The van der Waals surface area contributed by atoms with E-state index in [4.69, 9.17) is 0 Å². The van der Waals surface area contributed by atoms with Crippen LogP contribution in [0.1, 0.15) is 66.3 Å². The number of piperazine rings is 1. The number of amides is 3. The van der Waals surface area contributed by atoms with Gasteiger partial charge in [-0.25, -0.2) is 4.79 Å². The highest BCUT2D eigenvalue weighted by atomic mass is 16.2. The van der Waals surface area contributed by atoms with Crippen molar-refractivity contribution in [3.8, 4) is 0 Å². The maximum Gasteiger partial charge on any atom is 0.317 e. The summed E-state index contributed by atoms with van der Waals surface area (Å²) in [5, 5.41) is 3.14. The average molecular weight is 358 g/mol. The molecule has 1 aromatic heterocycles. The van der Waals surface area contributed by atoms with E-state index in [0.717, 1.165) is 24.1 Å². The molecule has 2 saturated carbocycles. The number of nitrogens with one attached hydrogen (secondary N) is 1. The van der Waals surface area contributed by atoms with Crippen molar-refractivity contribution >= 4 is 11.9 Å². The molecule has 6 heteroatoms. The fourth-order valence-electron chi connectivity index (χ4n) is 4.51. The molecule has 26 heavy (non-hydrogen) atoms. The lowest BCUT2D eigenvalue weighted by molar-refractivity contribution is 0.0662. The Balaban J connectivity index is 1.35. The van der Waals surface area contributed by atoms with Gasteiger partial charge in [0.15, 0.2) is 0 Å². The number of nitrogens with zero attached hydrogens (tertiary/aromatic N) is 3. The minimum atomic E-state index is 0.0379. The van der Waals surface area contributed by atoms with E-state index in [1.54, 1.807) is 0 Å². The van der Waals surface area contributed by atoms with E-state index in [-0.39, 0.29) is 11.9 Å². The van der Waals surface area contributed by atoms with Crippen molar-refractivity contribution in [2.45, 2.75) is 64.5 Å². The Morgan fingerprint density at radius 1 is 0.962 bits per heavy atom. The van der Waals surface area contributed by atoms with Crippen LogP contribution < -0.4 is 5.32 Å². The molecule has 2 heterocycles. The molecule has 1 N–H and O–H groups in total. The summed E-state index contributed by atoms with van der Waals surface area (Å²) >= 11 is 0. The van der Waals surface area contributed by atoms with E-state index < -0.39 is 0 Å². The van der Waals surface area contributed by atoms with Crippen LogP contribution in [0.2, 0.25) is 0 Å². The number of aryl methyl sites for hydroxylation is 1. The Labute approximate surface area is 155 Å². The zero-order chi connectivity index (χ0) is 18.3. The molecular formula is C20H30N4O2. The van der Waals surface area contributed by atoms with Gasteiger partial charge in [-0.3, -0.25) is 4.79 Å². The number of carbonyl (C=O) groups is 2. The molecular weight excluding hydrogens is 328 g/mol. The zero-order valence-corrected chi connectivity index (χ0v) is 16.0. The highest BCUT2D eigenvalue weighted by Crippen LogP contribution is 2.38. The molecule has 6 nitrogen and oxygen atoms in total. The van der Waals surface area contributed by atoms with Crippen LogP contribution in [0.5, 0.6) is 0 Å². The summed E-state index contributed by atoms with van der Waals surface area (Å²) in [5.41, 5.74) is 3.11.